The first-order chi connectivity index (χ1) is 9.45. The van der Waals surface area contributed by atoms with Crippen molar-refractivity contribution in [2.24, 2.45) is 5.41 Å². The molecule has 0 heterocycles. The lowest BCUT2D eigenvalue weighted by Crippen LogP contribution is -2.60. The van der Waals surface area contributed by atoms with Crippen LogP contribution in [-0.2, 0) is 11.3 Å². The number of hydrogen-bond acceptors (Lipinski definition) is 3. The van der Waals surface area contributed by atoms with Gasteiger partial charge in [0, 0.05) is 30.7 Å². The summed E-state index contributed by atoms with van der Waals surface area (Å²) in [5, 5.41) is 3.40. The minimum absolute atomic E-state index is 0.0489. The number of rotatable bonds is 6. The van der Waals surface area contributed by atoms with Crippen molar-refractivity contribution in [1.82, 2.24) is 5.32 Å². The first-order valence-electron chi connectivity index (χ1n) is 6.74. The molecule has 112 valence electrons. The predicted molar refractivity (Wildman–Crippen MR) is 72.9 cm³/mol. The van der Waals surface area contributed by atoms with Crippen LogP contribution in [-0.4, -0.2) is 25.9 Å². The van der Waals surface area contributed by atoms with E-state index in [0.29, 0.717) is 12.6 Å². The van der Waals surface area contributed by atoms with E-state index in [2.05, 4.69) is 23.9 Å². The van der Waals surface area contributed by atoms with Gasteiger partial charge in [0.05, 0.1) is 6.10 Å². The second kappa shape index (κ2) is 6.06. The smallest absolute Gasteiger partial charge is 0.387 e. The van der Waals surface area contributed by atoms with Crippen LogP contribution >= 0.6 is 0 Å². The maximum absolute atomic E-state index is 12.3. The SMILES string of the molecule is COC1CC(NCc2ccccc2OC(F)F)C1(C)C. The van der Waals surface area contributed by atoms with Gasteiger partial charge in [0.25, 0.3) is 0 Å². The molecule has 0 radical (unpaired) electrons. The number of para-hydroxylation sites is 1. The zero-order valence-electron chi connectivity index (χ0n) is 12.0. The van der Waals surface area contributed by atoms with Crippen molar-refractivity contribution in [3.8, 4) is 5.75 Å². The van der Waals surface area contributed by atoms with Gasteiger partial charge in [-0.3, -0.25) is 0 Å². The molecule has 2 unspecified atom stereocenters. The van der Waals surface area contributed by atoms with E-state index in [0.717, 1.165) is 12.0 Å². The molecule has 0 spiro atoms. The Balaban J connectivity index is 1.95. The summed E-state index contributed by atoms with van der Waals surface area (Å²) >= 11 is 0. The molecule has 2 rings (SSSR count). The lowest BCUT2D eigenvalue weighted by Gasteiger charge is -2.51. The van der Waals surface area contributed by atoms with E-state index < -0.39 is 6.61 Å². The molecule has 1 aliphatic rings. The third-order valence-corrected chi connectivity index (χ3v) is 4.19. The van der Waals surface area contributed by atoms with E-state index in [-0.39, 0.29) is 17.3 Å². The summed E-state index contributed by atoms with van der Waals surface area (Å²) in [7, 11) is 1.72. The van der Waals surface area contributed by atoms with Crippen molar-refractivity contribution in [1.29, 1.82) is 0 Å². The van der Waals surface area contributed by atoms with Crippen molar-refractivity contribution < 1.29 is 18.3 Å². The Labute approximate surface area is 118 Å². The van der Waals surface area contributed by atoms with Crippen LogP contribution in [0.3, 0.4) is 0 Å². The molecule has 2 atom stereocenters. The number of ether oxygens (including phenoxy) is 2. The van der Waals surface area contributed by atoms with Crippen molar-refractivity contribution in [2.45, 2.75) is 45.6 Å². The topological polar surface area (TPSA) is 30.5 Å². The van der Waals surface area contributed by atoms with Crippen LogP contribution in [0.2, 0.25) is 0 Å². The fourth-order valence-corrected chi connectivity index (χ4v) is 2.73. The van der Waals surface area contributed by atoms with Crippen molar-refractivity contribution >= 4 is 0 Å². The molecule has 1 aromatic rings. The molecule has 1 fully saturated rings. The van der Waals surface area contributed by atoms with Gasteiger partial charge in [-0.1, -0.05) is 32.0 Å². The van der Waals surface area contributed by atoms with Gasteiger partial charge in [-0.15, -0.1) is 0 Å². The molecule has 3 nitrogen and oxygen atoms in total. The second-order valence-electron chi connectivity index (χ2n) is 5.70. The van der Waals surface area contributed by atoms with E-state index >= 15 is 0 Å². The molecule has 1 saturated carbocycles. The predicted octanol–water partition coefficient (Wildman–Crippen LogP) is 3.19. The normalized spacial score (nSPS) is 24.5. The fourth-order valence-electron chi connectivity index (χ4n) is 2.73. The fraction of sp³-hybridized carbons (Fsp3) is 0.600. The molecular weight excluding hydrogens is 264 g/mol. The van der Waals surface area contributed by atoms with Crippen LogP contribution in [0.1, 0.15) is 25.8 Å². The Hall–Kier alpha value is -1.20. The third kappa shape index (κ3) is 3.10. The zero-order valence-corrected chi connectivity index (χ0v) is 12.0. The van der Waals surface area contributed by atoms with Crippen molar-refractivity contribution in [2.75, 3.05) is 7.11 Å². The van der Waals surface area contributed by atoms with E-state index in [9.17, 15) is 8.78 Å². The molecular formula is C15H21F2NO2. The monoisotopic (exact) mass is 285 g/mol. The quantitative estimate of drug-likeness (QED) is 0.870. The number of benzene rings is 1. The molecule has 0 amide bonds. The Kier molecular flexibility index (Phi) is 4.60. The van der Waals surface area contributed by atoms with Gasteiger partial charge in [0.1, 0.15) is 5.75 Å². The molecule has 0 bridgehead atoms. The summed E-state index contributed by atoms with van der Waals surface area (Å²) in [5.41, 5.74) is 0.789. The van der Waals surface area contributed by atoms with Crippen LogP contribution in [0.15, 0.2) is 24.3 Å². The van der Waals surface area contributed by atoms with Crippen LogP contribution in [0.5, 0.6) is 5.75 Å². The average Bonchev–Trinajstić information content (AvgIpc) is 2.39. The number of halogens is 2. The largest absolute Gasteiger partial charge is 0.434 e. The summed E-state index contributed by atoms with van der Waals surface area (Å²) in [5.74, 6) is 0.232. The van der Waals surface area contributed by atoms with E-state index in [1.165, 1.54) is 0 Å². The molecule has 20 heavy (non-hydrogen) atoms. The summed E-state index contributed by atoms with van der Waals surface area (Å²) in [6, 6.07) is 7.18. The van der Waals surface area contributed by atoms with E-state index in [1.807, 2.05) is 6.07 Å². The highest BCUT2D eigenvalue weighted by Gasteiger charge is 2.48. The van der Waals surface area contributed by atoms with E-state index in [1.54, 1.807) is 25.3 Å². The zero-order chi connectivity index (χ0) is 14.8. The first-order valence-corrected chi connectivity index (χ1v) is 6.74. The minimum Gasteiger partial charge on any atom is -0.434 e. The summed E-state index contributed by atoms with van der Waals surface area (Å²) in [6.45, 7) is 2.00. The van der Waals surface area contributed by atoms with E-state index in [4.69, 9.17) is 4.74 Å². The first kappa shape index (κ1) is 15.2. The van der Waals surface area contributed by atoms with Crippen LogP contribution in [0, 0.1) is 5.41 Å². The van der Waals surface area contributed by atoms with Crippen LogP contribution in [0.25, 0.3) is 0 Å². The summed E-state index contributed by atoms with van der Waals surface area (Å²) in [4.78, 5) is 0. The molecule has 0 aromatic heterocycles. The Bertz CT molecular complexity index is 451. The minimum atomic E-state index is -2.80. The molecule has 1 aliphatic carbocycles. The van der Waals surface area contributed by atoms with Gasteiger partial charge in [0.2, 0.25) is 0 Å². The standard InChI is InChI=1S/C15H21F2NO2/c1-15(2)12(8-13(15)19-3)18-9-10-6-4-5-7-11(10)20-14(16)17/h4-7,12-14,18H,8-9H2,1-3H3. The van der Waals surface area contributed by atoms with Gasteiger partial charge >= 0.3 is 6.61 Å². The number of hydrogen-bond donors (Lipinski definition) is 1. The Morgan fingerprint density at radius 2 is 2.05 bits per heavy atom. The van der Waals surface area contributed by atoms with Gasteiger partial charge in [-0.05, 0) is 12.5 Å². The second-order valence-corrected chi connectivity index (χ2v) is 5.70. The molecule has 1 aromatic carbocycles. The Morgan fingerprint density at radius 1 is 1.35 bits per heavy atom. The molecule has 0 saturated heterocycles. The van der Waals surface area contributed by atoms with Gasteiger partial charge in [-0.2, -0.15) is 8.78 Å². The van der Waals surface area contributed by atoms with Gasteiger partial charge < -0.3 is 14.8 Å². The molecule has 1 N–H and O–H groups in total. The molecule has 0 aliphatic heterocycles. The van der Waals surface area contributed by atoms with Gasteiger partial charge in [-0.25, -0.2) is 0 Å². The lowest BCUT2D eigenvalue weighted by molar-refractivity contribution is -0.0980. The highest BCUT2D eigenvalue weighted by molar-refractivity contribution is 5.33. The number of methoxy groups -OCH3 is 1. The third-order valence-electron chi connectivity index (χ3n) is 4.19. The highest BCUT2D eigenvalue weighted by atomic mass is 19.3. The lowest BCUT2D eigenvalue weighted by atomic mass is 9.64. The highest BCUT2D eigenvalue weighted by Crippen LogP contribution is 2.42. The number of nitrogens with one attached hydrogen (secondary N) is 1. The van der Waals surface area contributed by atoms with Crippen molar-refractivity contribution in [3.05, 3.63) is 29.8 Å². The van der Waals surface area contributed by atoms with Crippen molar-refractivity contribution in [3.63, 3.8) is 0 Å². The van der Waals surface area contributed by atoms with Crippen LogP contribution < -0.4 is 10.1 Å². The number of alkyl halides is 2. The van der Waals surface area contributed by atoms with Gasteiger partial charge in [0.15, 0.2) is 0 Å². The summed E-state index contributed by atoms with van der Waals surface area (Å²) < 4.78 is 34.6. The molecule has 5 heteroatoms. The summed E-state index contributed by atoms with van der Waals surface area (Å²) in [6.07, 6.45) is 1.18. The Morgan fingerprint density at radius 3 is 2.65 bits per heavy atom. The van der Waals surface area contributed by atoms with Crippen LogP contribution in [0.4, 0.5) is 8.78 Å². The average molecular weight is 285 g/mol. The maximum Gasteiger partial charge on any atom is 0.387 e. The maximum atomic E-state index is 12.3.